The minimum absolute atomic E-state index is 0.114. The van der Waals surface area contributed by atoms with Crippen molar-refractivity contribution in [2.45, 2.75) is 18.1 Å². The van der Waals surface area contributed by atoms with Gasteiger partial charge in [-0.15, -0.1) is 0 Å². The van der Waals surface area contributed by atoms with Gasteiger partial charge in [-0.05, 0) is 12.0 Å². The standard InChI is InChI=1S/C15H17N3O3S/c1-22(20,21)17-7-6-15(19,9-17)14-12-5-3-2-4-11(12)13-8-16-10-18(13)14/h2-5,8,10,14,19H,6-7,9H2,1H3/t14-,15-/m1/s1. The Balaban J connectivity index is 1.81. The second-order valence-electron chi connectivity index (χ2n) is 6.13. The zero-order valence-corrected chi connectivity index (χ0v) is 13.0. The Hall–Kier alpha value is -1.70. The number of hydrogen-bond acceptors (Lipinski definition) is 4. The van der Waals surface area contributed by atoms with E-state index >= 15 is 0 Å². The molecule has 0 spiro atoms. The molecule has 1 fully saturated rings. The van der Waals surface area contributed by atoms with Gasteiger partial charge in [0.25, 0.3) is 0 Å². The van der Waals surface area contributed by atoms with E-state index in [9.17, 15) is 13.5 Å². The maximum absolute atomic E-state index is 11.8. The Morgan fingerprint density at radius 2 is 2.14 bits per heavy atom. The Morgan fingerprint density at radius 1 is 1.36 bits per heavy atom. The lowest BCUT2D eigenvalue weighted by Gasteiger charge is -2.31. The number of nitrogens with zero attached hydrogens (tertiary/aromatic N) is 3. The molecule has 2 aliphatic rings. The quantitative estimate of drug-likeness (QED) is 0.890. The summed E-state index contributed by atoms with van der Waals surface area (Å²) in [5.74, 6) is 0. The molecule has 1 N–H and O–H groups in total. The highest BCUT2D eigenvalue weighted by Gasteiger charge is 2.49. The van der Waals surface area contributed by atoms with Crippen LogP contribution in [0.15, 0.2) is 36.8 Å². The molecule has 116 valence electrons. The summed E-state index contributed by atoms with van der Waals surface area (Å²) < 4.78 is 26.9. The van der Waals surface area contributed by atoms with E-state index in [4.69, 9.17) is 0 Å². The first-order valence-corrected chi connectivity index (χ1v) is 9.04. The third-order valence-corrected chi connectivity index (χ3v) is 5.95. The van der Waals surface area contributed by atoms with Crippen LogP contribution in [0.1, 0.15) is 18.0 Å². The van der Waals surface area contributed by atoms with Gasteiger partial charge in [-0.3, -0.25) is 0 Å². The summed E-state index contributed by atoms with van der Waals surface area (Å²) in [4.78, 5) is 4.18. The maximum Gasteiger partial charge on any atom is 0.211 e. The second kappa shape index (κ2) is 4.41. The van der Waals surface area contributed by atoms with Crippen LogP contribution in [0.4, 0.5) is 0 Å². The zero-order chi connectivity index (χ0) is 15.5. The molecule has 0 amide bonds. The van der Waals surface area contributed by atoms with Crippen LogP contribution in [0, 0.1) is 0 Å². The van der Waals surface area contributed by atoms with Gasteiger partial charge in [0.1, 0.15) is 5.60 Å². The molecule has 6 nitrogen and oxygen atoms in total. The van der Waals surface area contributed by atoms with Crippen LogP contribution in [0.3, 0.4) is 0 Å². The Morgan fingerprint density at radius 3 is 2.86 bits per heavy atom. The molecule has 2 atom stereocenters. The number of rotatable bonds is 2. The van der Waals surface area contributed by atoms with Crippen LogP contribution in [-0.4, -0.2) is 52.3 Å². The van der Waals surface area contributed by atoms with Gasteiger partial charge in [0.05, 0.1) is 30.5 Å². The lowest BCUT2D eigenvalue weighted by atomic mass is 9.87. The number of hydrogen-bond donors (Lipinski definition) is 1. The van der Waals surface area contributed by atoms with Crippen molar-refractivity contribution in [3.63, 3.8) is 0 Å². The van der Waals surface area contributed by atoms with Crippen molar-refractivity contribution in [3.05, 3.63) is 42.4 Å². The molecule has 0 unspecified atom stereocenters. The van der Waals surface area contributed by atoms with E-state index in [0.29, 0.717) is 13.0 Å². The molecule has 7 heteroatoms. The summed E-state index contributed by atoms with van der Waals surface area (Å²) in [7, 11) is -3.30. The smallest absolute Gasteiger partial charge is 0.211 e. The highest BCUT2D eigenvalue weighted by molar-refractivity contribution is 7.88. The molecule has 2 aliphatic heterocycles. The van der Waals surface area contributed by atoms with E-state index in [1.165, 1.54) is 10.6 Å². The van der Waals surface area contributed by atoms with Crippen molar-refractivity contribution < 1.29 is 13.5 Å². The SMILES string of the molecule is CS(=O)(=O)N1CC[C@](O)([C@H]2c3ccccc3-c3cncn32)C1. The van der Waals surface area contributed by atoms with Crippen molar-refractivity contribution in [2.24, 2.45) is 0 Å². The lowest BCUT2D eigenvalue weighted by Crippen LogP contribution is -2.42. The monoisotopic (exact) mass is 319 g/mol. The molecule has 0 bridgehead atoms. The van der Waals surface area contributed by atoms with Crippen molar-refractivity contribution in [2.75, 3.05) is 19.3 Å². The fraction of sp³-hybridized carbons (Fsp3) is 0.400. The normalized spacial score (nSPS) is 27.8. The van der Waals surface area contributed by atoms with Crippen LogP contribution in [0.5, 0.6) is 0 Å². The molecule has 0 radical (unpaired) electrons. The van der Waals surface area contributed by atoms with E-state index in [-0.39, 0.29) is 12.6 Å². The van der Waals surface area contributed by atoms with Crippen molar-refractivity contribution in [1.82, 2.24) is 13.9 Å². The highest BCUT2D eigenvalue weighted by atomic mass is 32.2. The van der Waals surface area contributed by atoms with Crippen molar-refractivity contribution in [3.8, 4) is 11.3 Å². The van der Waals surface area contributed by atoms with Gasteiger partial charge in [0.2, 0.25) is 10.0 Å². The predicted molar refractivity (Wildman–Crippen MR) is 81.8 cm³/mol. The Bertz CT molecular complexity index is 845. The van der Waals surface area contributed by atoms with Gasteiger partial charge in [-0.1, -0.05) is 24.3 Å². The van der Waals surface area contributed by atoms with Gasteiger partial charge in [-0.25, -0.2) is 13.4 Å². The number of aliphatic hydroxyl groups is 1. The number of fused-ring (bicyclic) bond motifs is 3. The minimum Gasteiger partial charge on any atom is -0.386 e. The number of aromatic nitrogens is 2. The summed E-state index contributed by atoms with van der Waals surface area (Å²) >= 11 is 0. The Labute approximate surface area is 129 Å². The molecule has 2 aromatic rings. The van der Waals surface area contributed by atoms with Crippen LogP contribution >= 0.6 is 0 Å². The third kappa shape index (κ3) is 1.86. The van der Waals surface area contributed by atoms with Gasteiger partial charge in [-0.2, -0.15) is 4.31 Å². The number of sulfonamides is 1. The molecule has 1 aromatic heterocycles. The van der Waals surface area contributed by atoms with E-state index in [1.807, 2.05) is 28.8 Å². The number of β-amino-alcohol motifs (C(OH)–C–C–N with tert-alkyl or cyclic N) is 1. The molecule has 1 aromatic carbocycles. The largest absolute Gasteiger partial charge is 0.386 e. The van der Waals surface area contributed by atoms with Gasteiger partial charge in [0.15, 0.2) is 0 Å². The van der Waals surface area contributed by atoms with E-state index in [0.717, 1.165) is 16.8 Å². The first kappa shape index (κ1) is 13.9. The van der Waals surface area contributed by atoms with Crippen molar-refractivity contribution in [1.29, 1.82) is 0 Å². The van der Waals surface area contributed by atoms with Gasteiger partial charge in [0, 0.05) is 18.7 Å². The fourth-order valence-corrected chi connectivity index (χ4v) is 4.55. The van der Waals surface area contributed by atoms with Crippen molar-refractivity contribution >= 4 is 10.0 Å². The molecule has 4 rings (SSSR count). The molecular weight excluding hydrogens is 302 g/mol. The lowest BCUT2D eigenvalue weighted by molar-refractivity contribution is 0.0193. The highest BCUT2D eigenvalue weighted by Crippen LogP contribution is 2.47. The molecular formula is C15H17N3O3S. The molecule has 1 saturated heterocycles. The summed E-state index contributed by atoms with van der Waals surface area (Å²) in [6.07, 6.45) is 5.09. The van der Waals surface area contributed by atoms with Crippen LogP contribution in [0.2, 0.25) is 0 Å². The minimum atomic E-state index is -3.30. The topological polar surface area (TPSA) is 75.4 Å². The fourth-order valence-electron chi connectivity index (χ4n) is 3.67. The van der Waals surface area contributed by atoms with Gasteiger partial charge >= 0.3 is 0 Å². The average molecular weight is 319 g/mol. The summed E-state index contributed by atoms with van der Waals surface area (Å²) in [6, 6.07) is 7.61. The van der Waals surface area contributed by atoms with E-state index in [2.05, 4.69) is 4.98 Å². The first-order chi connectivity index (χ1) is 10.4. The number of imidazole rings is 1. The summed E-state index contributed by atoms with van der Waals surface area (Å²) in [6.45, 7) is 0.459. The molecule has 3 heterocycles. The maximum atomic E-state index is 11.8. The van der Waals surface area contributed by atoms with Gasteiger partial charge < -0.3 is 9.67 Å². The van der Waals surface area contributed by atoms with Crippen LogP contribution in [0.25, 0.3) is 11.3 Å². The second-order valence-corrected chi connectivity index (χ2v) is 8.11. The van der Waals surface area contributed by atoms with E-state index < -0.39 is 15.6 Å². The molecule has 22 heavy (non-hydrogen) atoms. The van der Waals surface area contributed by atoms with E-state index in [1.54, 1.807) is 12.5 Å². The molecule has 0 aliphatic carbocycles. The molecule has 0 saturated carbocycles. The zero-order valence-electron chi connectivity index (χ0n) is 12.2. The summed E-state index contributed by atoms with van der Waals surface area (Å²) in [5.41, 5.74) is 1.92. The number of benzene rings is 1. The third-order valence-electron chi connectivity index (χ3n) is 4.70. The van der Waals surface area contributed by atoms with Crippen LogP contribution in [-0.2, 0) is 10.0 Å². The first-order valence-electron chi connectivity index (χ1n) is 7.19. The average Bonchev–Trinajstić information content (AvgIpc) is 3.11. The Kier molecular flexibility index (Phi) is 2.79. The summed E-state index contributed by atoms with van der Waals surface area (Å²) in [5, 5.41) is 11.2. The van der Waals surface area contributed by atoms with Crippen LogP contribution < -0.4 is 0 Å². The predicted octanol–water partition coefficient (Wildman–Crippen LogP) is 0.849.